The smallest absolute Gasteiger partial charge is 0.268 e. The van der Waals surface area contributed by atoms with Crippen LogP contribution in [0.5, 0.6) is 0 Å². The van der Waals surface area contributed by atoms with Gasteiger partial charge >= 0.3 is 0 Å². The zero-order valence-electron chi connectivity index (χ0n) is 11.2. The molecule has 1 atom stereocenters. The van der Waals surface area contributed by atoms with Gasteiger partial charge in [-0.1, -0.05) is 25.4 Å². The molecule has 0 saturated carbocycles. The fourth-order valence-corrected chi connectivity index (χ4v) is 1.89. The van der Waals surface area contributed by atoms with Crippen molar-refractivity contribution >= 4 is 17.5 Å². The van der Waals surface area contributed by atoms with Gasteiger partial charge in [-0.25, -0.2) is 0 Å². The number of carbonyl (C=O) groups is 1. The minimum Gasteiger partial charge on any atom is -0.394 e. The van der Waals surface area contributed by atoms with Gasteiger partial charge in [-0.2, -0.15) is 0 Å². The zero-order valence-corrected chi connectivity index (χ0v) is 11.9. The summed E-state index contributed by atoms with van der Waals surface area (Å²) in [6.07, 6.45) is 3.34. The van der Waals surface area contributed by atoms with E-state index in [4.69, 9.17) is 11.6 Å². The molecule has 0 aromatic carbocycles. The lowest BCUT2D eigenvalue weighted by atomic mass is 10.00. The number of halogens is 1. The lowest BCUT2D eigenvalue weighted by Gasteiger charge is -2.27. The number of hydrogen-bond acceptors (Lipinski definition) is 2. The Labute approximate surface area is 113 Å². The fraction of sp³-hybridized carbons (Fsp3) is 0.615. The molecule has 1 rings (SSSR count). The normalized spacial score (nSPS) is 14.3. The summed E-state index contributed by atoms with van der Waals surface area (Å²) in [5.41, 5.74) is -0.0554. The molecule has 1 amide bonds. The van der Waals surface area contributed by atoms with Gasteiger partial charge in [0.15, 0.2) is 0 Å². The van der Waals surface area contributed by atoms with Crippen LogP contribution in [0.25, 0.3) is 0 Å². The first-order chi connectivity index (χ1) is 8.45. The number of aliphatic hydroxyl groups is 1. The lowest BCUT2D eigenvalue weighted by molar-refractivity contribution is 0.0838. The molecule has 0 radical (unpaired) electrons. The number of rotatable bonds is 6. The minimum atomic E-state index is -0.592. The summed E-state index contributed by atoms with van der Waals surface area (Å²) in [5.74, 6) is -0.200. The second-order valence-electron chi connectivity index (χ2n) is 4.76. The van der Waals surface area contributed by atoms with E-state index in [1.54, 1.807) is 12.3 Å². The number of carbonyl (C=O) groups excluding carboxylic acids is 1. The van der Waals surface area contributed by atoms with Gasteiger partial charge in [-0.15, -0.1) is 0 Å². The maximum Gasteiger partial charge on any atom is 0.268 e. The van der Waals surface area contributed by atoms with E-state index >= 15 is 0 Å². The molecule has 4 nitrogen and oxygen atoms in total. The van der Waals surface area contributed by atoms with Crippen molar-refractivity contribution in [2.24, 2.45) is 0 Å². The first-order valence-corrected chi connectivity index (χ1v) is 6.62. The van der Waals surface area contributed by atoms with Crippen molar-refractivity contribution in [2.45, 2.75) is 45.7 Å². The number of aromatic nitrogens is 1. The maximum absolute atomic E-state index is 12.2. The second-order valence-corrected chi connectivity index (χ2v) is 5.20. The molecule has 5 heteroatoms. The summed E-state index contributed by atoms with van der Waals surface area (Å²) < 4.78 is 1.84. The molecule has 1 heterocycles. The molecule has 0 aliphatic carbocycles. The monoisotopic (exact) mass is 272 g/mol. The Morgan fingerprint density at radius 3 is 2.72 bits per heavy atom. The Kier molecular flexibility index (Phi) is 5.23. The number of nitrogens with one attached hydrogen (secondary N) is 1. The van der Waals surface area contributed by atoms with Crippen molar-refractivity contribution in [3.8, 4) is 0 Å². The van der Waals surface area contributed by atoms with Crippen molar-refractivity contribution in [1.29, 1.82) is 0 Å². The van der Waals surface area contributed by atoms with Crippen LogP contribution in [0.4, 0.5) is 0 Å². The average Bonchev–Trinajstić information content (AvgIpc) is 2.71. The van der Waals surface area contributed by atoms with Crippen LogP contribution in [0.2, 0.25) is 5.02 Å². The summed E-state index contributed by atoms with van der Waals surface area (Å²) in [4.78, 5) is 12.2. The molecular weight excluding hydrogens is 252 g/mol. The number of aliphatic hydroxyl groups excluding tert-OH is 1. The second kappa shape index (κ2) is 6.25. The number of hydrogen-bond donors (Lipinski definition) is 2. The molecule has 0 bridgehead atoms. The molecule has 0 aliphatic rings. The zero-order chi connectivity index (χ0) is 13.8. The van der Waals surface area contributed by atoms with Crippen LogP contribution < -0.4 is 5.32 Å². The predicted molar refractivity (Wildman–Crippen MR) is 73.0 cm³/mol. The molecule has 0 aliphatic heterocycles. The van der Waals surface area contributed by atoms with E-state index in [2.05, 4.69) is 5.32 Å². The Hall–Kier alpha value is -1.00. The highest BCUT2D eigenvalue weighted by molar-refractivity contribution is 6.31. The van der Waals surface area contributed by atoms with Crippen LogP contribution in [-0.4, -0.2) is 27.7 Å². The van der Waals surface area contributed by atoms with E-state index < -0.39 is 5.54 Å². The van der Waals surface area contributed by atoms with Crippen molar-refractivity contribution in [1.82, 2.24) is 9.88 Å². The summed E-state index contributed by atoms with van der Waals surface area (Å²) >= 11 is 5.93. The SMILES string of the molecule is CCCn1cc(Cl)cc1C(=O)NC(C)(CC)CO. The molecule has 1 unspecified atom stereocenters. The number of nitrogens with zero attached hydrogens (tertiary/aromatic N) is 1. The molecule has 0 fully saturated rings. The van der Waals surface area contributed by atoms with E-state index in [0.717, 1.165) is 13.0 Å². The van der Waals surface area contributed by atoms with E-state index in [9.17, 15) is 9.90 Å². The van der Waals surface area contributed by atoms with Gasteiger partial charge in [-0.05, 0) is 25.8 Å². The summed E-state index contributed by atoms with van der Waals surface area (Å²) in [6.45, 7) is 6.45. The minimum absolute atomic E-state index is 0.0859. The van der Waals surface area contributed by atoms with Crippen LogP contribution in [0.15, 0.2) is 12.3 Å². The Bertz CT molecular complexity index is 411. The van der Waals surface area contributed by atoms with Crippen LogP contribution in [0, 0.1) is 0 Å². The fourth-order valence-electron chi connectivity index (χ4n) is 1.67. The van der Waals surface area contributed by atoms with Crippen molar-refractivity contribution < 1.29 is 9.90 Å². The van der Waals surface area contributed by atoms with Crippen LogP contribution >= 0.6 is 11.6 Å². The molecule has 1 aromatic rings. The van der Waals surface area contributed by atoms with Crippen LogP contribution in [0.1, 0.15) is 44.1 Å². The lowest BCUT2D eigenvalue weighted by Crippen LogP contribution is -2.48. The standard InChI is InChI=1S/C13H21ClN2O2/c1-4-6-16-8-10(14)7-11(16)12(18)15-13(3,5-2)9-17/h7-8,17H,4-6,9H2,1-3H3,(H,15,18). The predicted octanol–water partition coefficient (Wildman–Crippen LogP) is 2.44. The topological polar surface area (TPSA) is 54.3 Å². The van der Waals surface area contributed by atoms with E-state index in [1.165, 1.54) is 0 Å². The molecule has 1 aromatic heterocycles. The van der Waals surface area contributed by atoms with Gasteiger partial charge in [0.2, 0.25) is 0 Å². The molecule has 2 N–H and O–H groups in total. The first-order valence-electron chi connectivity index (χ1n) is 6.24. The van der Waals surface area contributed by atoms with E-state index in [0.29, 0.717) is 17.1 Å². The maximum atomic E-state index is 12.2. The highest BCUT2D eigenvalue weighted by atomic mass is 35.5. The molecular formula is C13H21ClN2O2. The van der Waals surface area contributed by atoms with Gasteiger partial charge in [0.1, 0.15) is 5.69 Å². The molecule has 18 heavy (non-hydrogen) atoms. The highest BCUT2D eigenvalue weighted by Gasteiger charge is 2.25. The number of aryl methyl sites for hydroxylation is 1. The first kappa shape index (κ1) is 15.1. The third-order valence-electron chi connectivity index (χ3n) is 3.10. The number of amides is 1. The van der Waals surface area contributed by atoms with Gasteiger partial charge in [0, 0.05) is 12.7 Å². The summed E-state index contributed by atoms with van der Waals surface area (Å²) in [7, 11) is 0. The molecule has 0 spiro atoms. The van der Waals surface area contributed by atoms with Gasteiger partial charge in [0.05, 0.1) is 17.2 Å². The van der Waals surface area contributed by atoms with Gasteiger partial charge in [0.25, 0.3) is 5.91 Å². The molecule has 0 saturated heterocycles. The largest absolute Gasteiger partial charge is 0.394 e. The molecule has 102 valence electrons. The van der Waals surface area contributed by atoms with Gasteiger partial charge in [-0.3, -0.25) is 4.79 Å². The van der Waals surface area contributed by atoms with Crippen molar-refractivity contribution in [3.05, 3.63) is 23.0 Å². The summed E-state index contributed by atoms with van der Waals surface area (Å²) in [6, 6.07) is 1.65. The van der Waals surface area contributed by atoms with E-state index in [-0.39, 0.29) is 12.5 Å². The van der Waals surface area contributed by atoms with Crippen LogP contribution in [0.3, 0.4) is 0 Å². The van der Waals surface area contributed by atoms with E-state index in [1.807, 2.05) is 25.3 Å². The summed E-state index contributed by atoms with van der Waals surface area (Å²) in [5, 5.41) is 12.7. The van der Waals surface area contributed by atoms with Crippen molar-refractivity contribution in [3.63, 3.8) is 0 Å². The highest BCUT2D eigenvalue weighted by Crippen LogP contribution is 2.16. The Morgan fingerprint density at radius 1 is 1.56 bits per heavy atom. The quantitative estimate of drug-likeness (QED) is 0.836. The van der Waals surface area contributed by atoms with Crippen molar-refractivity contribution in [2.75, 3.05) is 6.61 Å². The Morgan fingerprint density at radius 2 is 2.22 bits per heavy atom. The van der Waals surface area contributed by atoms with Crippen LogP contribution in [-0.2, 0) is 6.54 Å². The van der Waals surface area contributed by atoms with Gasteiger partial charge < -0.3 is 15.0 Å². The third-order valence-corrected chi connectivity index (χ3v) is 3.31. The Balaban J connectivity index is 2.90. The average molecular weight is 273 g/mol. The third kappa shape index (κ3) is 3.50.